The first-order valence-electron chi connectivity index (χ1n) is 7.69. The van der Waals surface area contributed by atoms with E-state index in [4.69, 9.17) is 15.8 Å². The van der Waals surface area contributed by atoms with Crippen LogP contribution >= 0.6 is 0 Å². The molecule has 0 saturated carbocycles. The fraction of sp³-hybridized carbons (Fsp3) is 0.538. The summed E-state index contributed by atoms with van der Waals surface area (Å²) in [5, 5.41) is 27.5. The molecule has 0 aromatic carbocycles. The molecule has 2 aromatic rings. The summed E-state index contributed by atoms with van der Waals surface area (Å²) in [6, 6.07) is 0. The summed E-state index contributed by atoms with van der Waals surface area (Å²) in [5.41, 5.74) is 5.90. The molecule has 11 heteroatoms. The Hall–Kier alpha value is -2.24. The molecule has 3 heterocycles. The molecule has 1 saturated heterocycles. The lowest BCUT2D eigenvalue weighted by molar-refractivity contribution is -0.144. The molecule has 0 radical (unpaired) electrons. The zero-order chi connectivity index (χ0) is 17.3. The van der Waals surface area contributed by atoms with Gasteiger partial charge in [0.15, 0.2) is 11.5 Å². The Morgan fingerprint density at radius 3 is 2.96 bits per heavy atom. The zero-order valence-electron chi connectivity index (χ0n) is 13.0. The summed E-state index contributed by atoms with van der Waals surface area (Å²) in [6.07, 6.45) is 4.03. The van der Waals surface area contributed by atoms with E-state index in [1.54, 1.807) is 0 Å². The average molecular weight is 334 g/mol. The van der Waals surface area contributed by atoms with Crippen molar-refractivity contribution in [2.24, 2.45) is 11.7 Å². The number of hydrogen-bond donors (Lipinski definition) is 5. The van der Waals surface area contributed by atoms with E-state index in [-0.39, 0.29) is 18.8 Å². The van der Waals surface area contributed by atoms with Crippen LogP contribution in [0.3, 0.4) is 0 Å². The van der Waals surface area contributed by atoms with E-state index in [1.807, 2.05) is 4.90 Å². The fourth-order valence-corrected chi connectivity index (χ4v) is 3.23. The molecule has 2 aromatic heterocycles. The zero-order valence-corrected chi connectivity index (χ0v) is 13.0. The highest BCUT2D eigenvalue weighted by Gasteiger charge is 2.50. The number of imidazole rings is 1. The molecule has 1 aliphatic heterocycles. The van der Waals surface area contributed by atoms with Crippen LogP contribution in [0.15, 0.2) is 12.7 Å². The van der Waals surface area contributed by atoms with E-state index >= 15 is 0 Å². The van der Waals surface area contributed by atoms with Crippen molar-refractivity contribution in [2.75, 3.05) is 18.0 Å². The number of rotatable bonds is 6. The molecule has 0 aliphatic carbocycles. The number of aromatic amines is 1. The summed E-state index contributed by atoms with van der Waals surface area (Å²) in [7, 11) is -1.40. The maximum absolute atomic E-state index is 11.7. The van der Waals surface area contributed by atoms with Crippen LogP contribution in [-0.4, -0.2) is 66.8 Å². The van der Waals surface area contributed by atoms with E-state index in [0.717, 1.165) is 0 Å². The molecule has 10 nitrogen and oxygen atoms in total. The molecular formula is C13H19BN6O4. The van der Waals surface area contributed by atoms with Crippen molar-refractivity contribution in [2.45, 2.75) is 24.7 Å². The SMILES string of the molecule is N[C@]1(C(=O)O)CN(c2ncnc3nc[nH]c23)C[C@@H]1CCCB(O)O. The maximum atomic E-state index is 11.7. The number of nitrogens with one attached hydrogen (secondary N) is 1. The van der Waals surface area contributed by atoms with Crippen LogP contribution in [0, 0.1) is 5.92 Å². The van der Waals surface area contributed by atoms with Gasteiger partial charge in [-0.15, -0.1) is 0 Å². The molecule has 0 spiro atoms. The van der Waals surface area contributed by atoms with Crippen LogP contribution in [0.4, 0.5) is 5.82 Å². The van der Waals surface area contributed by atoms with Gasteiger partial charge < -0.3 is 30.8 Å². The van der Waals surface area contributed by atoms with E-state index in [1.165, 1.54) is 12.7 Å². The number of aromatic nitrogens is 4. The third-order valence-electron chi connectivity index (χ3n) is 4.54. The van der Waals surface area contributed by atoms with E-state index < -0.39 is 18.6 Å². The summed E-state index contributed by atoms with van der Waals surface area (Å²) in [6.45, 7) is 0.523. The number of H-pyrrole nitrogens is 1. The highest BCUT2D eigenvalue weighted by Crippen LogP contribution is 2.34. The highest BCUT2D eigenvalue weighted by molar-refractivity contribution is 6.40. The number of aliphatic carboxylic acids is 1. The second kappa shape index (κ2) is 6.34. The van der Waals surface area contributed by atoms with Crippen LogP contribution in [0.5, 0.6) is 0 Å². The third kappa shape index (κ3) is 2.93. The lowest BCUT2D eigenvalue weighted by atomic mass is 9.78. The first-order valence-corrected chi connectivity index (χ1v) is 7.69. The number of anilines is 1. The van der Waals surface area contributed by atoms with Crippen LogP contribution in [0.2, 0.25) is 6.32 Å². The Balaban J connectivity index is 1.84. The summed E-state index contributed by atoms with van der Waals surface area (Å²) >= 11 is 0. The van der Waals surface area contributed by atoms with Crippen molar-refractivity contribution in [3.63, 3.8) is 0 Å². The molecule has 3 rings (SSSR count). The molecule has 0 unspecified atom stereocenters. The van der Waals surface area contributed by atoms with Gasteiger partial charge >= 0.3 is 13.1 Å². The Morgan fingerprint density at radius 2 is 2.25 bits per heavy atom. The van der Waals surface area contributed by atoms with Gasteiger partial charge in [-0.2, -0.15) is 0 Å². The van der Waals surface area contributed by atoms with Crippen LogP contribution < -0.4 is 10.6 Å². The normalized spacial score (nSPS) is 23.8. The number of carbonyl (C=O) groups is 1. The standard InChI is InChI=1S/C13H19BN6O4/c15-13(12(21)22)5-20(4-8(13)2-1-3-14(23)24)11-9-10(17-6-16-9)18-7-19-11/h6-8,23-24H,1-5,15H2,(H,21,22)(H,16,17,18,19)/t8-,13+/m0/s1. The van der Waals surface area contributed by atoms with Crippen molar-refractivity contribution in [1.29, 1.82) is 0 Å². The average Bonchev–Trinajstić information content (AvgIpc) is 3.12. The van der Waals surface area contributed by atoms with Crippen LogP contribution in [-0.2, 0) is 4.79 Å². The number of carboxylic acid groups (broad SMARTS) is 1. The molecule has 1 fully saturated rings. The van der Waals surface area contributed by atoms with E-state index in [0.29, 0.717) is 36.4 Å². The van der Waals surface area contributed by atoms with Gasteiger partial charge in [-0.3, -0.25) is 4.79 Å². The molecule has 0 amide bonds. The van der Waals surface area contributed by atoms with Gasteiger partial charge in [0.25, 0.3) is 0 Å². The quantitative estimate of drug-likeness (QED) is 0.409. The number of fused-ring (bicyclic) bond motifs is 1. The summed E-state index contributed by atoms with van der Waals surface area (Å²) in [4.78, 5) is 28.9. The minimum Gasteiger partial charge on any atom is -0.480 e. The minimum absolute atomic E-state index is 0.111. The maximum Gasteiger partial charge on any atom is 0.451 e. The lowest BCUT2D eigenvalue weighted by Gasteiger charge is -2.25. The third-order valence-corrected chi connectivity index (χ3v) is 4.54. The predicted molar refractivity (Wildman–Crippen MR) is 86.2 cm³/mol. The van der Waals surface area contributed by atoms with E-state index in [9.17, 15) is 9.90 Å². The van der Waals surface area contributed by atoms with Crippen molar-refractivity contribution >= 4 is 30.1 Å². The number of nitrogens with zero attached hydrogens (tertiary/aromatic N) is 4. The minimum atomic E-state index is -1.42. The van der Waals surface area contributed by atoms with Gasteiger partial charge in [0, 0.05) is 19.0 Å². The van der Waals surface area contributed by atoms with Gasteiger partial charge in [0.2, 0.25) is 0 Å². The molecule has 24 heavy (non-hydrogen) atoms. The van der Waals surface area contributed by atoms with Gasteiger partial charge in [-0.1, -0.05) is 6.42 Å². The molecule has 1 aliphatic rings. The largest absolute Gasteiger partial charge is 0.480 e. The van der Waals surface area contributed by atoms with Crippen molar-refractivity contribution < 1.29 is 19.9 Å². The van der Waals surface area contributed by atoms with Crippen molar-refractivity contribution in [3.8, 4) is 0 Å². The van der Waals surface area contributed by atoms with Gasteiger partial charge in [0.1, 0.15) is 17.4 Å². The Morgan fingerprint density at radius 1 is 1.46 bits per heavy atom. The van der Waals surface area contributed by atoms with Gasteiger partial charge in [-0.05, 0) is 12.7 Å². The Kier molecular flexibility index (Phi) is 4.39. The number of carboxylic acids is 1. The summed E-state index contributed by atoms with van der Waals surface area (Å²) < 4.78 is 0. The first kappa shape index (κ1) is 16.6. The molecule has 6 N–H and O–H groups in total. The summed E-state index contributed by atoms with van der Waals surface area (Å²) in [5.74, 6) is -0.839. The second-order valence-corrected chi connectivity index (χ2v) is 6.13. The molecule has 0 bridgehead atoms. The van der Waals surface area contributed by atoms with Gasteiger partial charge in [0.05, 0.1) is 6.33 Å². The van der Waals surface area contributed by atoms with Crippen molar-refractivity contribution in [3.05, 3.63) is 12.7 Å². The number of nitrogens with two attached hydrogens (primary N) is 1. The Labute approximate surface area is 137 Å². The molecule has 2 atom stereocenters. The fourth-order valence-electron chi connectivity index (χ4n) is 3.23. The second-order valence-electron chi connectivity index (χ2n) is 6.13. The predicted octanol–water partition coefficient (Wildman–Crippen LogP) is -1.18. The molecular weight excluding hydrogens is 315 g/mol. The van der Waals surface area contributed by atoms with Crippen molar-refractivity contribution in [1.82, 2.24) is 19.9 Å². The van der Waals surface area contributed by atoms with Crippen LogP contribution in [0.25, 0.3) is 11.2 Å². The van der Waals surface area contributed by atoms with Gasteiger partial charge in [-0.25, -0.2) is 15.0 Å². The lowest BCUT2D eigenvalue weighted by Crippen LogP contribution is -2.54. The topological polar surface area (TPSA) is 161 Å². The Bertz CT molecular complexity index is 740. The number of hydrogen-bond acceptors (Lipinski definition) is 8. The molecule has 128 valence electrons. The highest BCUT2D eigenvalue weighted by atomic mass is 16.4. The monoisotopic (exact) mass is 334 g/mol. The van der Waals surface area contributed by atoms with E-state index in [2.05, 4.69) is 19.9 Å². The van der Waals surface area contributed by atoms with Crippen LogP contribution in [0.1, 0.15) is 12.8 Å². The smallest absolute Gasteiger partial charge is 0.451 e. The first-order chi connectivity index (χ1) is 11.4.